The molecule has 1 saturated heterocycles. The summed E-state index contributed by atoms with van der Waals surface area (Å²) in [7, 11) is -3.34. The standard InChI is InChI=1S/C11H22N2O4S/c1-9(8-14)7-12-11(15)10-5-3-4-6-13(10)18(2,16)17/h9-10,14H,3-8H2,1-2H3,(H,12,15). The normalized spacial score (nSPS) is 23.6. The molecule has 1 heterocycles. The number of hydrogen-bond acceptors (Lipinski definition) is 4. The third-order valence-corrected chi connectivity index (χ3v) is 4.41. The average Bonchev–Trinajstić information content (AvgIpc) is 2.34. The van der Waals surface area contributed by atoms with Gasteiger partial charge in [-0.25, -0.2) is 8.42 Å². The van der Waals surface area contributed by atoms with Crippen LogP contribution in [-0.2, 0) is 14.8 Å². The summed E-state index contributed by atoms with van der Waals surface area (Å²) >= 11 is 0. The Balaban J connectivity index is 2.64. The summed E-state index contributed by atoms with van der Waals surface area (Å²) < 4.78 is 24.5. The van der Waals surface area contributed by atoms with Crippen molar-refractivity contribution in [2.45, 2.75) is 32.2 Å². The van der Waals surface area contributed by atoms with Crippen LogP contribution in [0.4, 0.5) is 0 Å². The van der Waals surface area contributed by atoms with Gasteiger partial charge in [-0.15, -0.1) is 0 Å². The highest BCUT2D eigenvalue weighted by molar-refractivity contribution is 7.88. The van der Waals surface area contributed by atoms with Gasteiger partial charge in [0.05, 0.1) is 6.26 Å². The van der Waals surface area contributed by atoms with E-state index in [1.807, 2.05) is 6.92 Å². The first-order chi connectivity index (χ1) is 8.36. The Hall–Kier alpha value is -0.660. The van der Waals surface area contributed by atoms with Gasteiger partial charge < -0.3 is 10.4 Å². The molecular formula is C11H22N2O4S. The molecule has 1 aliphatic rings. The quantitative estimate of drug-likeness (QED) is 0.713. The fourth-order valence-electron chi connectivity index (χ4n) is 2.02. The van der Waals surface area contributed by atoms with E-state index in [4.69, 9.17) is 5.11 Å². The number of hydrogen-bond donors (Lipinski definition) is 2. The second kappa shape index (κ2) is 6.49. The maximum absolute atomic E-state index is 12.0. The van der Waals surface area contributed by atoms with Crippen molar-refractivity contribution in [3.05, 3.63) is 0 Å². The van der Waals surface area contributed by atoms with E-state index in [1.54, 1.807) is 0 Å². The van der Waals surface area contributed by atoms with Crippen molar-refractivity contribution in [1.29, 1.82) is 0 Å². The van der Waals surface area contributed by atoms with Crippen molar-refractivity contribution in [3.63, 3.8) is 0 Å². The number of nitrogens with zero attached hydrogens (tertiary/aromatic N) is 1. The summed E-state index contributed by atoms with van der Waals surface area (Å²) in [6, 6.07) is -0.598. The Morgan fingerprint density at radius 3 is 2.72 bits per heavy atom. The van der Waals surface area contributed by atoms with Gasteiger partial charge >= 0.3 is 0 Å². The molecule has 106 valence electrons. The highest BCUT2D eigenvalue weighted by Gasteiger charge is 2.34. The first kappa shape index (κ1) is 15.4. The van der Waals surface area contributed by atoms with E-state index in [2.05, 4.69) is 5.32 Å². The van der Waals surface area contributed by atoms with E-state index in [0.29, 0.717) is 19.5 Å². The maximum Gasteiger partial charge on any atom is 0.238 e. The fourth-order valence-corrected chi connectivity index (χ4v) is 3.15. The number of piperidine rings is 1. The monoisotopic (exact) mass is 278 g/mol. The molecule has 7 heteroatoms. The van der Waals surface area contributed by atoms with Gasteiger partial charge in [0.1, 0.15) is 6.04 Å². The molecule has 6 nitrogen and oxygen atoms in total. The van der Waals surface area contributed by atoms with Crippen molar-refractivity contribution in [2.75, 3.05) is 26.0 Å². The first-order valence-corrected chi connectivity index (χ1v) is 8.06. The highest BCUT2D eigenvalue weighted by Crippen LogP contribution is 2.19. The van der Waals surface area contributed by atoms with Crippen molar-refractivity contribution < 1.29 is 18.3 Å². The Labute approximate surface area is 108 Å². The minimum Gasteiger partial charge on any atom is -0.396 e. The molecule has 2 atom stereocenters. The number of carbonyl (C=O) groups excluding carboxylic acids is 1. The summed E-state index contributed by atoms with van der Waals surface area (Å²) in [4.78, 5) is 12.0. The molecule has 0 spiro atoms. The molecule has 0 aromatic heterocycles. The van der Waals surface area contributed by atoms with Crippen LogP contribution in [-0.4, -0.2) is 55.7 Å². The van der Waals surface area contributed by atoms with E-state index in [1.165, 1.54) is 4.31 Å². The minimum atomic E-state index is -3.34. The summed E-state index contributed by atoms with van der Waals surface area (Å²) in [5.74, 6) is -0.287. The van der Waals surface area contributed by atoms with E-state index < -0.39 is 16.1 Å². The van der Waals surface area contributed by atoms with Gasteiger partial charge in [-0.2, -0.15) is 4.31 Å². The third kappa shape index (κ3) is 4.22. The Morgan fingerprint density at radius 1 is 1.50 bits per heavy atom. The van der Waals surface area contributed by atoms with Crippen molar-refractivity contribution >= 4 is 15.9 Å². The molecule has 1 aliphatic heterocycles. The van der Waals surface area contributed by atoms with Crippen molar-refractivity contribution in [2.24, 2.45) is 5.92 Å². The number of aliphatic hydroxyl groups is 1. The lowest BCUT2D eigenvalue weighted by molar-refractivity contribution is -0.125. The molecule has 18 heavy (non-hydrogen) atoms. The summed E-state index contributed by atoms with van der Waals surface area (Å²) in [5, 5.41) is 11.6. The lowest BCUT2D eigenvalue weighted by Crippen LogP contribution is -2.52. The van der Waals surface area contributed by atoms with Crippen LogP contribution in [0.2, 0.25) is 0 Å². The predicted octanol–water partition coefficient (Wildman–Crippen LogP) is -0.455. The molecule has 1 rings (SSSR count). The number of aliphatic hydroxyl groups excluding tert-OH is 1. The predicted molar refractivity (Wildman–Crippen MR) is 68.4 cm³/mol. The van der Waals surface area contributed by atoms with Crippen molar-refractivity contribution in [1.82, 2.24) is 9.62 Å². The molecule has 2 unspecified atom stereocenters. The van der Waals surface area contributed by atoms with E-state index >= 15 is 0 Å². The summed E-state index contributed by atoms with van der Waals surface area (Å²) in [6.45, 7) is 2.59. The van der Waals surface area contributed by atoms with E-state index in [0.717, 1.165) is 19.1 Å². The fraction of sp³-hybridized carbons (Fsp3) is 0.909. The SMILES string of the molecule is CC(CO)CNC(=O)C1CCCCN1S(C)(=O)=O. The van der Waals surface area contributed by atoms with Crippen molar-refractivity contribution in [3.8, 4) is 0 Å². The molecule has 0 radical (unpaired) electrons. The molecule has 0 saturated carbocycles. The van der Waals surface area contributed by atoms with Gasteiger partial charge in [0.15, 0.2) is 0 Å². The number of sulfonamides is 1. The topological polar surface area (TPSA) is 86.7 Å². The minimum absolute atomic E-state index is 0.000731. The maximum atomic E-state index is 12.0. The molecule has 1 fully saturated rings. The zero-order chi connectivity index (χ0) is 13.8. The Kier molecular flexibility index (Phi) is 5.55. The Morgan fingerprint density at radius 2 is 2.17 bits per heavy atom. The largest absolute Gasteiger partial charge is 0.396 e. The molecule has 0 aromatic rings. The number of amides is 1. The zero-order valence-electron chi connectivity index (χ0n) is 10.9. The molecule has 2 N–H and O–H groups in total. The molecule has 0 aliphatic carbocycles. The average molecular weight is 278 g/mol. The zero-order valence-corrected chi connectivity index (χ0v) is 11.7. The number of rotatable bonds is 5. The molecule has 0 bridgehead atoms. The summed E-state index contributed by atoms with van der Waals surface area (Å²) in [5.41, 5.74) is 0. The lowest BCUT2D eigenvalue weighted by Gasteiger charge is -2.32. The Bertz CT molecular complexity index is 383. The van der Waals surface area contributed by atoms with Gasteiger partial charge in [-0.3, -0.25) is 4.79 Å². The van der Waals surface area contributed by atoms with Crippen LogP contribution in [0.15, 0.2) is 0 Å². The van der Waals surface area contributed by atoms with Gasteiger partial charge in [0.2, 0.25) is 15.9 Å². The summed E-state index contributed by atoms with van der Waals surface area (Å²) in [6.07, 6.45) is 3.35. The second-order valence-electron chi connectivity index (χ2n) is 4.92. The van der Waals surface area contributed by atoms with Crippen LogP contribution in [0.25, 0.3) is 0 Å². The first-order valence-electron chi connectivity index (χ1n) is 6.21. The molecule has 0 aromatic carbocycles. The molecule has 1 amide bonds. The van der Waals surface area contributed by atoms with E-state index in [-0.39, 0.29) is 18.4 Å². The van der Waals surface area contributed by atoms with Crippen LogP contribution >= 0.6 is 0 Å². The van der Waals surface area contributed by atoms with Gasteiger partial charge in [0.25, 0.3) is 0 Å². The lowest BCUT2D eigenvalue weighted by atomic mass is 10.0. The van der Waals surface area contributed by atoms with Crippen LogP contribution in [0.3, 0.4) is 0 Å². The number of carbonyl (C=O) groups is 1. The highest BCUT2D eigenvalue weighted by atomic mass is 32.2. The van der Waals surface area contributed by atoms with Crippen LogP contribution in [0, 0.1) is 5.92 Å². The smallest absolute Gasteiger partial charge is 0.238 e. The third-order valence-electron chi connectivity index (χ3n) is 3.12. The van der Waals surface area contributed by atoms with Crippen LogP contribution < -0.4 is 5.32 Å². The number of nitrogens with one attached hydrogen (secondary N) is 1. The van der Waals surface area contributed by atoms with Crippen LogP contribution in [0.1, 0.15) is 26.2 Å². The van der Waals surface area contributed by atoms with E-state index in [9.17, 15) is 13.2 Å². The van der Waals surface area contributed by atoms with Gasteiger partial charge in [0, 0.05) is 19.7 Å². The molecular weight excluding hydrogens is 256 g/mol. The van der Waals surface area contributed by atoms with Crippen LogP contribution in [0.5, 0.6) is 0 Å². The van der Waals surface area contributed by atoms with Gasteiger partial charge in [-0.1, -0.05) is 13.3 Å². The van der Waals surface area contributed by atoms with Gasteiger partial charge in [-0.05, 0) is 18.8 Å². The second-order valence-corrected chi connectivity index (χ2v) is 6.85.